The van der Waals surface area contributed by atoms with E-state index in [2.05, 4.69) is 54.9 Å². The highest BCUT2D eigenvalue weighted by Crippen LogP contribution is 2.40. The molecule has 2 aliphatic rings. The van der Waals surface area contributed by atoms with Gasteiger partial charge in [-0.2, -0.15) is 0 Å². The lowest BCUT2D eigenvalue weighted by Gasteiger charge is -2.46. The monoisotopic (exact) mass is 273 g/mol. The Morgan fingerprint density at radius 3 is 2.55 bits per heavy atom. The number of nitrogens with zero attached hydrogens (tertiary/aromatic N) is 2. The normalized spacial score (nSPS) is 33.5. The van der Waals surface area contributed by atoms with Crippen LogP contribution in [0.3, 0.4) is 0 Å². The number of para-hydroxylation sites is 1. The molecule has 2 unspecified atom stereocenters. The van der Waals surface area contributed by atoms with E-state index in [4.69, 9.17) is 10.5 Å². The van der Waals surface area contributed by atoms with Crippen LogP contribution in [0.2, 0.25) is 0 Å². The lowest BCUT2D eigenvalue weighted by atomic mass is 9.82. The summed E-state index contributed by atoms with van der Waals surface area (Å²) in [5, 5.41) is 0. The molecule has 0 saturated carbocycles. The zero-order valence-electron chi connectivity index (χ0n) is 12.5. The maximum Gasteiger partial charge on any atom is 0.196 e. The van der Waals surface area contributed by atoms with Crippen LogP contribution < -0.4 is 10.6 Å². The van der Waals surface area contributed by atoms with E-state index in [1.54, 1.807) is 0 Å². The van der Waals surface area contributed by atoms with E-state index in [0.717, 1.165) is 19.4 Å². The Morgan fingerprint density at radius 2 is 1.90 bits per heavy atom. The van der Waals surface area contributed by atoms with Gasteiger partial charge in [0.2, 0.25) is 0 Å². The summed E-state index contributed by atoms with van der Waals surface area (Å²) in [5.41, 5.74) is 8.60. The molecule has 2 N–H and O–H groups in total. The van der Waals surface area contributed by atoms with E-state index in [1.807, 2.05) is 0 Å². The van der Waals surface area contributed by atoms with Crippen LogP contribution in [0.1, 0.15) is 32.3 Å². The molecule has 108 valence electrons. The molecule has 0 amide bonds. The van der Waals surface area contributed by atoms with Crippen molar-refractivity contribution in [3.8, 4) is 0 Å². The third-order valence-electron chi connectivity index (χ3n) is 4.39. The molecule has 1 aromatic carbocycles. The smallest absolute Gasteiger partial charge is 0.196 e. The highest BCUT2D eigenvalue weighted by molar-refractivity contribution is 5.99. The second kappa shape index (κ2) is 4.77. The van der Waals surface area contributed by atoms with Crippen LogP contribution in [-0.4, -0.2) is 30.3 Å². The summed E-state index contributed by atoms with van der Waals surface area (Å²) in [6, 6.07) is 8.38. The highest BCUT2D eigenvalue weighted by atomic mass is 16.5. The molecule has 3 rings (SSSR count). The van der Waals surface area contributed by atoms with Crippen molar-refractivity contribution in [2.75, 3.05) is 11.4 Å². The Kier molecular flexibility index (Phi) is 3.21. The Hall–Kier alpha value is -1.55. The number of hydrogen-bond acceptors (Lipinski definition) is 4. The molecule has 1 saturated heterocycles. The van der Waals surface area contributed by atoms with Crippen molar-refractivity contribution >= 4 is 11.6 Å². The van der Waals surface area contributed by atoms with Crippen molar-refractivity contribution in [1.82, 2.24) is 0 Å². The maximum atomic E-state index is 6.21. The van der Waals surface area contributed by atoms with Gasteiger partial charge in [-0.05, 0) is 45.2 Å². The number of ether oxygens (including phenoxy) is 1. The van der Waals surface area contributed by atoms with Crippen molar-refractivity contribution < 1.29 is 4.74 Å². The van der Waals surface area contributed by atoms with E-state index in [0.29, 0.717) is 5.96 Å². The fraction of sp³-hybridized carbons (Fsp3) is 0.562. The summed E-state index contributed by atoms with van der Waals surface area (Å²) in [7, 11) is 0. The number of nitrogens with two attached hydrogens (primary N) is 1. The summed E-state index contributed by atoms with van der Waals surface area (Å²) in [5.74, 6) is 0.639. The van der Waals surface area contributed by atoms with Gasteiger partial charge in [0.15, 0.2) is 5.96 Å². The molecule has 1 spiro atoms. The number of aryl methyl sites for hydroxylation is 1. The minimum atomic E-state index is -0.0206. The van der Waals surface area contributed by atoms with Crippen LogP contribution in [0.5, 0.6) is 0 Å². The molecule has 4 heteroatoms. The number of hydrogen-bond donors (Lipinski definition) is 1. The van der Waals surface area contributed by atoms with Gasteiger partial charge < -0.3 is 15.4 Å². The Labute approximate surface area is 120 Å². The molecule has 2 atom stereocenters. The van der Waals surface area contributed by atoms with Crippen LogP contribution >= 0.6 is 0 Å². The minimum absolute atomic E-state index is 0.0206. The molecule has 0 aliphatic carbocycles. The number of benzene rings is 1. The van der Waals surface area contributed by atoms with Gasteiger partial charge in [0.1, 0.15) is 0 Å². The van der Waals surface area contributed by atoms with Crippen LogP contribution in [0.25, 0.3) is 0 Å². The maximum absolute atomic E-state index is 6.21. The van der Waals surface area contributed by atoms with Crippen molar-refractivity contribution in [2.24, 2.45) is 10.7 Å². The molecule has 4 nitrogen and oxygen atoms in total. The second-order valence-corrected chi connectivity index (χ2v) is 6.19. The van der Waals surface area contributed by atoms with E-state index in [9.17, 15) is 0 Å². The Morgan fingerprint density at radius 1 is 1.25 bits per heavy atom. The van der Waals surface area contributed by atoms with Crippen LogP contribution in [0, 0.1) is 6.92 Å². The molecule has 0 bridgehead atoms. The first-order chi connectivity index (χ1) is 9.52. The lowest BCUT2D eigenvalue weighted by molar-refractivity contribution is -0.0559. The van der Waals surface area contributed by atoms with Gasteiger partial charge in [-0.15, -0.1) is 0 Å². The SMILES string of the molecule is Cc1ccccc1N1C(N)=NCC12CC(C)OC(C)C2. The third kappa shape index (κ3) is 2.08. The molecule has 2 heterocycles. The Balaban J connectivity index is 2.02. The highest BCUT2D eigenvalue weighted by Gasteiger charge is 2.48. The summed E-state index contributed by atoms with van der Waals surface area (Å²) < 4.78 is 5.90. The first-order valence-electron chi connectivity index (χ1n) is 7.33. The zero-order chi connectivity index (χ0) is 14.3. The fourth-order valence-corrected chi connectivity index (χ4v) is 3.76. The van der Waals surface area contributed by atoms with Crippen LogP contribution in [0.15, 0.2) is 29.3 Å². The Bertz CT molecular complexity index is 530. The largest absolute Gasteiger partial charge is 0.375 e. The summed E-state index contributed by atoms with van der Waals surface area (Å²) in [6.45, 7) is 7.18. The standard InChI is InChI=1S/C16H23N3O/c1-11-6-4-5-7-14(11)19-15(17)18-10-16(19)8-12(2)20-13(3)9-16/h4-7,12-13H,8-10H2,1-3H3,(H2,17,18). The van der Waals surface area contributed by atoms with E-state index < -0.39 is 0 Å². The second-order valence-electron chi connectivity index (χ2n) is 6.19. The van der Waals surface area contributed by atoms with Crippen molar-refractivity contribution in [3.05, 3.63) is 29.8 Å². The molecule has 2 aliphatic heterocycles. The molecule has 1 fully saturated rings. The molecule has 20 heavy (non-hydrogen) atoms. The predicted molar refractivity (Wildman–Crippen MR) is 82.1 cm³/mol. The number of guanidine groups is 1. The van der Waals surface area contributed by atoms with Gasteiger partial charge >= 0.3 is 0 Å². The first-order valence-corrected chi connectivity index (χ1v) is 7.33. The average Bonchev–Trinajstić information content (AvgIpc) is 2.66. The van der Waals surface area contributed by atoms with Crippen molar-refractivity contribution in [2.45, 2.75) is 51.4 Å². The number of anilines is 1. The fourth-order valence-electron chi connectivity index (χ4n) is 3.76. The molecule has 0 radical (unpaired) electrons. The first kappa shape index (κ1) is 13.4. The third-order valence-corrected chi connectivity index (χ3v) is 4.39. The van der Waals surface area contributed by atoms with Gasteiger partial charge in [-0.25, -0.2) is 0 Å². The zero-order valence-corrected chi connectivity index (χ0v) is 12.5. The lowest BCUT2D eigenvalue weighted by Crippen LogP contribution is -2.58. The van der Waals surface area contributed by atoms with Crippen molar-refractivity contribution in [3.63, 3.8) is 0 Å². The topological polar surface area (TPSA) is 50.8 Å². The van der Waals surface area contributed by atoms with Gasteiger partial charge in [0.05, 0.1) is 24.3 Å². The minimum Gasteiger partial charge on any atom is -0.375 e. The van der Waals surface area contributed by atoms with Gasteiger partial charge in [-0.1, -0.05) is 18.2 Å². The van der Waals surface area contributed by atoms with Crippen LogP contribution in [-0.2, 0) is 4.74 Å². The quantitative estimate of drug-likeness (QED) is 0.855. The van der Waals surface area contributed by atoms with Gasteiger partial charge in [-0.3, -0.25) is 4.99 Å². The molecular weight excluding hydrogens is 250 g/mol. The van der Waals surface area contributed by atoms with Gasteiger partial charge in [0.25, 0.3) is 0 Å². The average molecular weight is 273 g/mol. The molecular formula is C16H23N3O. The summed E-state index contributed by atoms with van der Waals surface area (Å²) in [6.07, 6.45) is 2.42. The van der Waals surface area contributed by atoms with Crippen molar-refractivity contribution in [1.29, 1.82) is 0 Å². The van der Waals surface area contributed by atoms with E-state index in [1.165, 1.54) is 11.3 Å². The van der Waals surface area contributed by atoms with Gasteiger partial charge in [0, 0.05) is 5.69 Å². The van der Waals surface area contributed by atoms with E-state index >= 15 is 0 Å². The molecule has 0 aromatic heterocycles. The summed E-state index contributed by atoms with van der Waals surface area (Å²) >= 11 is 0. The number of aliphatic imine (C=N–C) groups is 1. The summed E-state index contributed by atoms with van der Waals surface area (Å²) in [4.78, 5) is 6.79. The van der Waals surface area contributed by atoms with E-state index in [-0.39, 0.29) is 17.7 Å². The number of rotatable bonds is 1. The van der Waals surface area contributed by atoms with Crippen LogP contribution in [0.4, 0.5) is 5.69 Å². The predicted octanol–water partition coefficient (Wildman–Crippen LogP) is 2.46. The molecule has 1 aromatic rings.